The van der Waals surface area contributed by atoms with Crippen LogP contribution in [0, 0.1) is 6.92 Å². The number of carbonyl (C=O) groups excluding carboxylic acids is 1. The van der Waals surface area contributed by atoms with E-state index in [4.69, 9.17) is 4.18 Å². The maximum atomic E-state index is 12.1. The molecule has 0 aromatic heterocycles. The first-order valence-corrected chi connectivity index (χ1v) is 8.05. The van der Waals surface area contributed by atoms with Gasteiger partial charge in [-0.05, 0) is 31.9 Å². The number of carbonyl (C=O) groups is 1. The lowest BCUT2D eigenvalue weighted by Gasteiger charge is -2.30. The van der Waals surface area contributed by atoms with Gasteiger partial charge in [-0.1, -0.05) is 17.7 Å². The third-order valence-electron chi connectivity index (χ3n) is 3.46. The Morgan fingerprint density at radius 3 is 2.25 bits per heavy atom. The first-order valence-electron chi connectivity index (χ1n) is 6.64. The zero-order valence-corrected chi connectivity index (χ0v) is 12.5. The average molecular weight is 297 g/mol. The summed E-state index contributed by atoms with van der Waals surface area (Å²) in [7, 11) is -3.72. The van der Waals surface area contributed by atoms with Gasteiger partial charge in [0, 0.05) is 20.0 Å². The molecule has 0 bridgehead atoms. The number of amides is 1. The lowest BCUT2D eigenvalue weighted by atomic mass is 10.1. The lowest BCUT2D eigenvalue weighted by Crippen LogP contribution is -2.40. The second-order valence-electron chi connectivity index (χ2n) is 5.07. The number of rotatable bonds is 3. The molecular weight excluding hydrogens is 278 g/mol. The molecule has 1 aliphatic heterocycles. The van der Waals surface area contributed by atoms with Gasteiger partial charge in [-0.15, -0.1) is 0 Å². The maximum absolute atomic E-state index is 12.1. The van der Waals surface area contributed by atoms with Gasteiger partial charge in [0.05, 0.1) is 11.0 Å². The second-order valence-corrected chi connectivity index (χ2v) is 6.64. The lowest BCUT2D eigenvalue weighted by molar-refractivity contribution is -0.130. The molecule has 2 rings (SSSR count). The van der Waals surface area contributed by atoms with Crippen molar-refractivity contribution < 1.29 is 17.4 Å². The molecule has 0 saturated carbocycles. The Morgan fingerprint density at radius 1 is 1.20 bits per heavy atom. The summed E-state index contributed by atoms with van der Waals surface area (Å²) in [6, 6.07) is 6.59. The molecule has 110 valence electrons. The number of aryl methyl sites for hydroxylation is 1. The number of nitrogens with zero attached hydrogens (tertiary/aromatic N) is 1. The van der Waals surface area contributed by atoms with Gasteiger partial charge in [0.2, 0.25) is 5.91 Å². The van der Waals surface area contributed by atoms with Gasteiger partial charge in [0.15, 0.2) is 0 Å². The van der Waals surface area contributed by atoms with Crippen LogP contribution in [0.3, 0.4) is 0 Å². The molecule has 1 aromatic rings. The predicted molar refractivity (Wildman–Crippen MR) is 74.7 cm³/mol. The molecule has 0 radical (unpaired) electrons. The predicted octanol–water partition coefficient (Wildman–Crippen LogP) is 1.71. The van der Waals surface area contributed by atoms with Crippen LogP contribution in [0.15, 0.2) is 29.2 Å². The number of hydrogen-bond acceptors (Lipinski definition) is 4. The molecule has 6 heteroatoms. The molecule has 5 nitrogen and oxygen atoms in total. The summed E-state index contributed by atoms with van der Waals surface area (Å²) in [4.78, 5) is 13.1. The summed E-state index contributed by atoms with van der Waals surface area (Å²) < 4.78 is 29.5. The van der Waals surface area contributed by atoms with Crippen LogP contribution in [0.2, 0.25) is 0 Å². The zero-order chi connectivity index (χ0) is 14.8. The second kappa shape index (κ2) is 5.93. The highest BCUT2D eigenvalue weighted by atomic mass is 32.2. The van der Waals surface area contributed by atoms with Crippen molar-refractivity contribution in [3.8, 4) is 0 Å². The topological polar surface area (TPSA) is 63.7 Å². The maximum Gasteiger partial charge on any atom is 0.297 e. The summed E-state index contributed by atoms with van der Waals surface area (Å²) in [5, 5.41) is 0. The first kappa shape index (κ1) is 15.0. The molecule has 1 fully saturated rings. The first-order chi connectivity index (χ1) is 9.38. The van der Waals surface area contributed by atoms with Crippen molar-refractivity contribution in [3.63, 3.8) is 0 Å². The minimum absolute atomic E-state index is 0.0184. The molecule has 0 unspecified atom stereocenters. The fourth-order valence-corrected chi connectivity index (χ4v) is 3.34. The van der Waals surface area contributed by atoms with Crippen LogP contribution in [0.25, 0.3) is 0 Å². The standard InChI is InChI=1S/C14H19NO4S/c1-11-3-5-14(6-4-11)20(17,18)19-13-7-9-15(10-8-13)12(2)16/h3-6,13H,7-10H2,1-2H3. The largest absolute Gasteiger partial charge is 0.343 e. The van der Waals surface area contributed by atoms with Crippen LogP contribution in [-0.4, -0.2) is 38.4 Å². The van der Waals surface area contributed by atoms with Crippen molar-refractivity contribution in [1.29, 1.82) is 0 Å². The number of piperidine rings is 1. The molecule has 0 atom stereocenters. The summed E-state index contributed by atoms with van der Waals surface area (Å²) in [5.41, 5.74) is 0.999. The van der Waals surface area contributed by atoms with E-state index in [1.54, 1.807) is 29.2 Å². The van der Waals surface area contributed by atoms with Crippen molar-refractivity contribution in [2.24, 2.45) is 0 Å². The van der Waals surface area contributed by atoms with E-state index in [-0.39, 0.29) is 16.9 Å². The van der Waals surface area contributed by atoms with Crippen molar-refractivity contribution in [2.75, 3.05) is 13.1 Å². The molecule has 1 heterocycles. The van der Waals surface area contributed by atoms with Crippen LogP contribution in [0.4, 0.5) is 0 Å². The fraction of sp³-hybridized carbons (Fsp3) is 0.500. The SMILES string of the molecule is CC(=O)N1CCC(OS(=O)(=O)c2ccc(C)cc2)CC1. The van der Waals surface area contributed by atoms with Gasteiger partial charge in [0.25, 0.3) is 10.1 Å². The van der Waals surface area contributed by atoms with E-state index in [2.05, 4.69) is 0 Å². The van der Waals surface area contributed by atoms with Gasteiger partial charge >= 0.3 is 0 Å². The highest BCUT2D eigenvalue weighted by Crippen LogP contribution is 2.20. The fourth-order valence-electron chi connectivity index (χ4n) is 2.21. The van der Waals surface area contributed by atoms with Gasteiger partial charge in [-0.2, -0.15) is 8.42 Å². The smallest absolute Gasteiger partial charge is 0.297 e. The van der Waals surface area contributed by atoms with Crippen LogP contribution in [0.1, 0.15) is 25.3 Å². The highest BCUT2D eigenvalue weighted by molar-refractivity contribution is 7.86. The molecule has 1 amide bonds. The summed E-state index contributed by atoms with van der Waals surface area (Å²) >= 11 is 0. The van der Waals surface area contributed by atoms with E-state index < -0.39 is 10.1 Å². The molecule has 0 aliphatic carbocycles. The minimum Gasteiger partial charge on any atom is -0.343 e. The van der Waals surface area contributed by atoms with E-state index in [0.717, 1.165) is 5.56 Å². The Bertz CT molecular complexity index is 572. The Hall–Kier alpha value is -1.40. The number of likely N-dealkylation sites (tertiary alicyclic amines) is 1. The monoisotopic (exact) mass is 297 g/mol. The normalized spacial score (nSPS) is 17.2. The third-order valence-corrected chi connectivity index (χ3v) is 4.83. The van der Waals surface area contributed by atoms with Gasteiger partial charge < -0.3 is 4.90 Å². The molecule has 1 saturated heterocycles. The quantitative estimate of drug-likeness (QED) is 0.797. The van der Waals surface area contributed by atoms with Crippen molar-refractivity contribution in [1.82, 2.24) is 4.90 Å². The van der Waals surface area contributed by atoms with Crippen molar-refractivity contribution in [2.45, 2.75) is 37.7 Å². The molecular formula is C14H19NO4S. The minimum atomic E-state index is -3.72. The van der Waals surface area contributed by atoms with E-state index in [0.29, 0.717) is 25.9 Å². The highest BCUT2D eigenvalue weighted by Gasteiger charge is 2.26. The zero-order valence-electron chi connectivity index (χ0n) is 11.7. The number of benzene rings is 1. The van der Waals surface area contributed by atoms with Crippen LogP contribution in [-0.2, 0) is 19.1 Å². The van der Waals surface area contributed by atoms with Crippen molar-refractivity contribution >= 4 is 16.0 Å². The van der Waals surface area contributed by atoms with E-state index in [9.17, 15) is 13.2 Å². The van der Waals surface area contributed by atoms with Gasteiger partial charge in [-0.3, -0.25) is 8.98 Å². The van der Waals surface area contributed by atoms with Crippen LogP contribution in [0.5, 0.6) is 0 Å². The Labute approximate surface area is 119 Å². The summed E-state index contributed by atoms with van der Waals surface area (Å²) in [6.45, 7) is 4.51. The van der Waals surface area contributed by atoms with Crippen LogP contribution >= 0.6 is 0 Å². The number of hydrogen-bond donors (Lipinski definition) is 0. The van der Waals surface area contributed by atoms with Crippen molar-refractivity contribution in [3.05, 3.63) is 29.8 Å². The summed E-state index contributed by atoms with van der Waals surface area (Å²) in [5.74, 6) is 0.0184. The molecule has 0 N–H and O–H groups in total. The third kappa shape index (κ3) is 3.58. The average Bonchev–Trinajstić information content (AvgIpc) is 2.39. The van der Waals surface area contributed by atoms with E-state index in [1.807, 2.05) is 6.92 Å². The van der Waals surface area contributed by atoms with E-state index >= 15 is 0 Å². The molecule has 1 aliphatic rings. The summed E-state index contributed by atoms with van der Waals surface area (Å²) in [6.07, 6.45) is 0.743. The Kier molecular flexibility index (Phi) is 4.45. The Morgan fingerprint density at radius 2 is 1.75 bits per heavy atom. The van der Waals surface area contributed by atoms with Crippen LogP contribution < -0.4 is 0 Å². The molecule has 20 heavy (non-hydrogen) atoms. The Balaban J connectivity index is 2.00. The van der Waals surface area contributed by atoms with Gasteiger partial charge in [0.1, 0.15) is 0 Å². The van der Waals surface area contributed by atoms with E-state index in [1.165, 1.54) is 6.92 Å². The molecule has 1 aromatic carbocycles. The van der Waals surface area contributed by atoms with Gasteiger partial charge in [-0.25, -0.2) is 0 Å². The molecule has 0 spiro atoms.